The van der Waals surface area contributed by atoms with E-state index in [0.29, 0.717) is 19.3 Å². The van der Waals surface area contributed by atoms with Crippen molar-refractivity contribution in [2.45, 2.75) is 25.9 Å². The van der Waals surface area contributed by atoms with Crippen LogP contribution in [0.4, 0.5) is 0 Å². The molecule has 1 heterocycles. The lowest BCUT2D eigenvalue weighted by atomic mass is 10.2. The SMILES string of the molecule is Cc1ccc(C(=O)O)c[n+]1CCC(C=O)NO. The summed E-state index contributed by atoms with van der Waals surface area (Å²) in [5.74, 6) is -0.994. The third-order valence-corrected chi connectivity index (χ3v) is 2.51. The van der Waals surface area contributed by atoms with Crippen molar-refractivity contribution < 1.29 is 24.5 Å². The van der Waals surface area contributed by atoms with Crippen LogP contribution in [0, 0.1) is 6.92 Å². The fourth-order valence-corrected chi connectivity index (χ4v) is 1.43. The molecule has 0 aliphatic rings. The molecule has 0 fully saturated rings. The van der Waals surface area contributed by atoms with Crippen molar-refractivity contribution >= 4 is 12.3 Å². The van der Waals surface area contributed by atoms with Gasteiger partial charge in [-0.2, -0.15) is 5.48 Å². The van der Waals surface area contributed by atoms with Gasteiger partial charge in [-0.15, -0.1) is 0 Å². The summed E-state index contributed by atoms with van der Waals surface area (Å²) in [7, 11) is 0. The number of carbonyl (C=O) groups is 2. The van der Waals surface area contributed by atoms with E-state index in [1.54, 1.807) is 10.6 Å². The highest BCUT2D eigenvalue weighted by molar-refractivity contribution is 5.86. The Labute approximate surface area is 98.5 Å². The van der Waals surface area contributed by atoms with Crippen LogP contribution in [0.25, 0.3) is 0 Å². The number of carboxylic acid groups (broad SMARTS) is 1. The number of hydrogen-bond donors (Lipinski definition) is 3. The minimum Gasteiger partial charge on any atom is -0.477 e. The number of pyridine rings is 1. The summed E-state index contributed by atoms with van der Waals surface area (Å²) in [6, 6.07) is 2.58. The second-order valence-electron chi connectivity index (χ2n) is 3.72. The zero-order chi connectivity index (χ0) is 12.8. The van der Waals surface area contributed by atoms with Crippen LogP contribution in [0.3, 0.4) is 0 Å². The van der Waals surface area contributed by atoms with Crippen molar-refractivity contribution in [3.8, 4) is 0 Å². The Morgan fingerprint density at radius 2 is 2.29 bits per heavy atom. The number of aryl methyl sites for hydroxylation is 2. The van der Waals surface area contributed by atoms with Gasteiger partial charge in [0.05, 0.1) is 6.04 Å². The predicted molar refractivity (Wildman–Crippen MR) is 57.7 cm³/mol. The molecular weight excluding hydrogens is 224 g/mol. The van der Waals surface area contributed by atoms with Crippen LogP contribution >= 0.6 is 0 Å². The average Bonchev–Trinajstić information content (AvgIpc) is 2.32. The monoisotopic (exact) mass is 239 g/mol. The van der Waals surface area contributed by atoms with Gasteiger partial charge in [0.1, 0.15) is 11.8 Å². The molecule has 6 nitrogen and oxygen atoms in total. The minimum atomic E-state index is -0.994. The van der Waals surface area contributed by atoms with Crippen molar-refractivity contribution in [1.82, 2.24) is 5.48 Å². The summed E-state index contributed by atoms with van der Waals surface area (Å²) in [4.78, 5) is 21.3. The van der Waals surface area contributed by atoms with Gasteiger partial charge in [-0.05, 0) is 6.07 Å². The molecule has 17 heavy (non-hydrogen) atoms. The second-order valence-corrected chi connectivity index (χ2v) is 3.72. The Kier molecular flexibility index (Phi) is 4.74. The van der Waals surface area contributed by atoms with Crippen LogP contribution in [0.1, 0.15) is 22.5 Å². The van der Waals surface area contributed by atoms with Gasteiger partial charge in [0.15, 0.2) is 18.4 Å². The first-order valence-corrected chi connectivity index (χ1v) is 5.16. The van der Waals surface area contributed by atoms with Crippen molar-refractivity contribution in [3.63, 3.8) is 0 Å². The first-order valence-electron chi connectivity index (χ1n) is 5.16. The summed E-state index contributed by atoms with van der Waals surface area (Å²) in [5, 5.41) is 17.5. The van der Waals surface area contributed by atoms with Crippen LogP contribution in [0.2, 0.25) is 0 Å². The number of hydroxylamine groups is 1. The smallest absolute Gasteiger partial charge is 0.341 e. The second kappa shape index (κ2) is 6.07. The third kappa shape index (κ3) is 3.61. The van der Waals surface area contributed by atoms with Gasteiger partial charge < -0.3 is 15.1 Å². The topological polar surface area (TPSA) is 90.5 Å². The van der Waals surface area contributed by atoms with E-state index in [1.807, 2.05) is 12.4 Å². The molecule has 0 bridgehead atoms. The number of aldehydes is 1. The molecule has 0 spiro atoms. The third-order valence-electron chi connectivity index (χ3n) is 2.51. The maximum Gasteiger partial charge on any atom is 0.341 e. The molecule has 1 atom stereocenters. The minimum absolute atomic E-state index is 0.190. The Balaban J connectivity index is 2.79. The molecule has 1 aromatic heterocycles. The summed E-state index contributed by atoms with van der Waals surface area (Å²) in [5.41, 5.74) is 2.96. The maximum atomic E-state index is 10.8. The number of nitrogens with zero attached hydrogens (tertiary/aromatic N) is 1. The molecule has 0 radical (unpaired) electrons. The predicted octanol–water partition coefficient (Wildman–Crippen LogP) is -0.0829. The van der Waals surface area contributed by atoms with E-state index >= 15 is 0 Å². The molecule has 1 unspecified atom stereocenters. The van der Waals surface area contributed by atoms with Gasteiger partial charge in [0, 0.05) is 19.4 Å². The van der Waals surface area contributed by atoms with Crippen LogP contribution in [-0.2, 0) is 11.3 Å². The molecule has 92 valence electrons. The summed E-state index contributed by atoms with van der Waals surface area (Å²) in [6.45, 7) is 2.29. The molecule has 6 heteroatoms. The van der Waals surface area contributed by atoms with Gasteiger partial charge in [-0.1, -0.05) is 0 Å². The molecule has 1 aromatic rings. The number of rotatable bonds is 6. The fourth-order valence-electron chi connectivity index (χ4n) is 1.43. The maximum absolute atomic E-state index is 10.8. The van der Waals surface area contributed by atoms with E-state index in [9.17, 15) is 9.59 Å². The van der Waals surface area contributed by atoms with Crippen molar-refractivity contribution in [2.75, 3.05) is 0 Å². The van der Waals surface area contributed by atoms with Crippen LogP contribution < -0.4 is 10.0 Å². The Morgan fingerprint density at radius 3 is 2.82 bits per heavy atom. The number of carbonyl (C=O) groups excluding carboxylic acids is 1. The quantitative estimate of drug-likeness (QED) is 0.367. The van der Waals surface area contributed by atoms with Crippen LogP contribution in [-0.4, -0.2) is 28.6 Å². The van der Waals surface area contributed by atoms with E-state index in [2.05, 4.69) is 0 Å². The number of aromatic nitrogens is 1. The highest BCUT2D eigenvalue weighted by Gasteiger charge is 2.14. The lowest BCUT2D eigenvalue weighted by Crippen LogP contribution is -2.41. The Hall–Kier alpha value is -1.79. The van der Waals surface area contributed by atoms with E-state index < -0.39 is 12.0 Å². The first-order chi connectivity index (χ1) is 8.08. The molecule has 0 saturated heterocycles. The lowest BCUT2D eigenvalue weighted by molar-refractivity contribution is -0.703. The normalized spacial score (nSPS) is 12.1. The summed E-state index contributed by atoms with van der Waals surface area (Å²) in [6.07, 6.45) is 2.50. The Morgan fingerprint density at radius 1 is 1.59 bits per heavy atom. The molecule has 0 aliphatic heterocycles. The molecular formula is C11H15N2O4+. The number of aromatic carboxylic acids is 1. The highest BCUT2D eigenvalue weighted by atomic mass is 16.5. The van der Waals surface area contributed by atoms with E-state index in [0.717, 1.165) is 5.69 Å². The summed E-state index contributed by atoms with van der Waals surface area (Å²) < 4.78 is 1.73. The van der Waals surface area contributed by atoms with Gasteiger partial charge in [-0.3, -0.25) is 0 Å². The zero-order valence-electron chi connectivity index (χ0n) is 9.46. The van der Waals surface area contributed by atoms with Gasteiger partial charge >= 0.3 is 5.97 Å². The molecule has 3 N–H and O–H groups in total. The molecule has 0 saturated carbocycles. The van der Waals surface area contributed by atoms with Gasteiger partial charge in [0.25, 0.3) is 0 Å². The summed E-state index contributed by atoms with van der Waals surface area (Å²) >= 11 is 0. The van der Waals surface area contributed by atoms with Gasteiger partial charge in [-0.25, -0.2) is 9.36 Å². The zero-order valence-corrected chi connectivity index (χ0v) is 9.46. The Bertz CT molecular complexity index is 420. The first kappa shape index (κ1) is 13.3. The highest BCUT2D eigenvalue weighted by Crippen LogP contribution is 1.99. The van der Waals surface area contributed by atoms with E-state index in [4.69, 9.17) is 10.3 Å². The number of nitrogens with one attached hydrogen (secondary N) is 1. The molecule has 0 aliphatic carbocycles. The number of carboxylic acids is 1. The van der Waals surface area contributed by atoms with Crippen LogP contribution in [0.5, 0.6) is 0 Å². The van der Waals surface area contributed by atoms with E-state index in [-0.39, 0.29) is 5.56 Å². The average molecular weight is 239 g/mol. The fraction of sp³-hybridized carbons (Fsp3) is 0.364. The standard InChI is InChI=1S/C11H14N2O4/c1-8-2-3-9(11(15)16)6-13(8)5-4-10(7-14)12-17/h2-3,6-7,10,12,17H,4-5H2,1H3/p+1. The molecule has 1 rings (SSSR count). The van der Waals surface area contributed by atoms with Crippen molar-refractivity contribution in [1.29, 1.82) is 0 Å². The largest absolute Gasteiger partial charge is 0.477 e. The lowest BCUT2D eigenvalue weighted by Gasteiger charge is -2.06. The molecule has 0 aromatic carbocycles. The van der Waals surface area contributed by atoms with Crippen LogP contribution in [0.15, 0.2) is 18.3 Å². The van der Waals surface area contributed by atoms with Crippen molar-refractivity contribution in [2.24, 2.45) is 0 Å². The van der Waals surface area contributed by atoms with E-state index in [1.165, 1.54) is 12.3 Å². The number of hydrogen-bond acceptors (Lipinski definition) is 4. The van der Waals surface area contributed by atoms with Crippen molar-refractivity contribution in [3.05, 3.63) is 29.6 Å². The molecule has 0 amide bonds. The van der Waals surface area contributed by atoms with Gasteiger partial charge in [0.2, 0.25) is 0 Å².